The molecule has 1 N–H and O–H groups in total. The second-order valence-corrected chi connectivity index (χ2v) is 13.3. The molecule has 0 fully saturated rings. The fourth-order valence-corrected chi connectivity index (χ4v) is 8.84. The molecule has 4 aromatic heterocycles. The van der Waals surface area contributed by atoms with Crippen LogP contribution in [0.2, 0.25) is 0 Å². The van der Waals surface area contributed by atoms with E-state index in [1.165, 1.54) is 47.8 Å². The van der Waals surface area contributed by atoms with Crippen molar-refractivity contribution >= 4 is 96.8 Å². The first kappa shape index (κ1) is 25.2. The van der Waals surface area contributed by atoms with E-state index >= 15 is 0 Å². The summed E-state index contributed by atoms with van der Waals surface area (Å²) >= 11 is 1.77. The van der Waals surface area contributed by atoms with Gasteiger partial charge in [0, 0.05) is 42.7 Å². The van der Waals surface area contributed by atoms with Crippen molar-refractivity contribution < 1.29 is 0 Å². The van der Waals surface area contributed by atoms with Gasteiger partial charge in [-0.05, 0) is 45.8 Å². The number of fused-ring (bicyclic) bond motifs is 13. The molecular formula is C42H24N4S. The maximum atomic E-state index is 5.51. The zero-order chi connectivity index (χ0) is 30.6. The van der Waals surface area contributed by atoms with Crippen molar-refractivity contribution in [2.24, 2.45) is 0 Å². The molecule has 4 nitrogen and oxygen atoms in total. The molecule has 11 rings (SSSR count). The van der Waals surface area contributed by atoms with Crippen molar-refractivity contribution in [3.05, 3.63) is 140 Å². The van der Waals surface area contributed by atoms with Crippen molar-refractivity contribution in [3.63, 3.8) is 0 Å². The number of hydrogen-bond acceptors (Lipinski definition) is 3. The minimum atomic E-state index is 0.676. The first-order valence-corrected chi connectivity index (χ1v) is 16.7. The van der Waals surface area contributed by atoms with E-state index < -0.39 is 0 Å². The first-order chi connectivity index (χ1) is 23.3. The van der Waals surface area contributed by atoms with Gasteiger partial charge in [0.05, 0.1) is 32.5 Å². The molecule has 0 unspecified atom stereocenters. The summed E-state index contributed by atoms with van der Waals surface area (Å²) in [5, 5.41) is 10.8. The molecule has 0 radical (unpaired) electrons. The Morgan fingerprint density at radius 2 is 1.19 bits per heavy atom. The number of thiophene rings is 1. The van der Waals surface area contributed by atoms with Crippen LogP contribution in [0.25, 0.3) is 103 Å². The highest BCUT2D eigenvalue weighted by Crippen LogP contribution is 2.44. The Morgan fingerprint density at radius 3 is 2.09 bits per heavy atom. The van der Waals surface area contributed by atoms with Crippen LogP contribution in [0.15, 0.2) is 140 Å². The fraction of sp³-hybridized carbons (Fsp3) is 0. The summed E-state index contributed by atoms with van der Waals surface area (Å²) in [6.45, 7) is 0. The zero-order valence-electron chi connectivity index (χ0n) is 25.0. The average Bonchev–Trinajstić information content (AvgIpc) is 3.80. The highest BCUT2D eigenvalue weighted by molar-refractivity contribution is 7.26. The Labute approximate surface area is 272 Å². The molecule has 0 spiro atoms. The summed E-state index contributed by atoms with van der Waals surface area (Å²) in [6.07, 6.45) is 0. The molecule has 0 atom stereocenters. The predicted molar refractivity (Wildman–Crippen MR) is 199 cm³/mol. The van der Waals surface area contributed by atoms with Crippen LogP contribution >= 0.6 is 11.3 Å². The molecule has 218 valence electrons. The Kier molecular flexibility index (Phi) is 4.96. The van der Waals surface area contributed by atoms with Crippen LogP contribution in [0.5, 0.6) is 0 Å². The van der Waals surface area contributed by atoms with Crippen LogP contribution in [0.3, 0.4) is 0 Å². The average molecular weight is 617 g/mol. The molecule has 4 heterocycles. The van der Waals surface area contributed by atoms with E-state index in [9.17, 15) is 0 Å². The summed E-state index contributed by atoms with van der Waals surface area (Å²) < 4.78 is 4.60. The van der Waals surface area contributed by atoms with Crippen LogP contribution in [0.4, 0.5) is 0 Å². The van der Waals surface area contributed by atoms with Gasteiger partial charge in [-0.15, -0.1) is 11.3 Å². The topological polar surface area (TPSA) is 46.5 Å². The molecule has 11 aromatic rings. The van der Waals surface area contributed by atoms with Gasteiger partial charge in [-0.1, -0.05) is 115 Å². The Hall–Kier alpha value is -6.04. The van der Waals surface area contributed by atoms with Gasteiger partial charge < -0.3 is 4.98 Å². The molecule has 5 heteroatoms. The van der Waals surface area contributed by atoms with E-state index in [0.717, 1.165) is 48.9 Å². The van der Waals surface area contributed by atoms with Gasteiger partial charge in [0.15, 0.2) is 0 Å². The quantitative estimate of drug-likeness (QED) is 0.210. The molecule has 0 saturated carbocycles. The van der Waals surface area contributed by atoms with Gasteiger partial charge in [-0.25, -0.2) is 9.97 Å². The molecule has 0 bridgehead atoms. The van der Waals surface area contributed by atoms with Crippen molar-refractivity contribution in [2.45, 2.75) is 0 Å². The van der Waals surface area contributed by atoms with Crippen LogP contribution < -0.4 is 0 Å². The lowest BCUT2D eigenvalue weighted by molar-refractivity contribution is 1.02. The minimum absolute atomic E-state index is 0.676. The number of benzene rings is 7. The monoisotopic (exact) mass is 616 g/mol. The summed E-state index contributed by atoms with van der Waals surface area (Å²) in [5.41, 5.74) is 7.52. The van der Waals surface area contributed by atoms with Crippen molar-refractivity contribution in [1.82, 2.24) is 19.5 Å². The number of H-pyrrole nitrogens is 1. The van der Waals surface area contributed by atoms with E-state index in [0.29, 0.717) is 5.95 Å². The fourth-order valence-electron chi connectivity index (χ4n) is 7.69. The van der Waals surface area contributed by atoms with Gasteiger partial charge in [0.25, 0.3) is 0 Å². The maximum absolute atomic E-state index is 5.51. The Bertz CT molecular complexity index is 3080. The van der Waals surface area contributed by atoms with Crippen LogP contribution in [-0.2, 0) is 0 Å². The molecule has 0 aliphatic carbocycles. The zero-order valence-corrected chi connectivity index (χ0v) is 25.8. The van der Waals surface area contributed by atoms with E-state index in [1.807, 2.05) is 0 Å². The minimum Gasteiger partial charge on any atom is -0.354 e. The first-order valence-electron chi connectivity index (χ1n) is 15.8. The number of para-hydroxylation sites is 1. The van der Waals surface area contributed by atoms with Gasteiger partial charge in [0.2, 0.25) is 5.95 Å². The van der Waals surface area contributed by atoms with Crippen molar-refractivity contribution in [2.75, 3.05) is 0 Å². The van der Waals surface area contributed by atoms with Crippen molar-refractivity contribution in [3.8, 4) is 17.2 Å². The van der Waals surface area contributed by atoms with Crippen LogP contribution in [-0.4, -0.2) is 19.5 Å². The van der Waals surface area contributed by atoms with E-state index in [2.05, 4.69) is 149 Å². The molecule has 47 heavy (non-hydrogen) atoms. The van der Waals surface area contributed by atoms with E-state index in [-0.39, 0.29) is 0 Å². The predicted octanol–water partition coefficient (Wildman–Crippen LogP) is 11.5. The van der Waals surface area contributed by atoms with Crippen molar-refractivity contribution in [1.29, 1.82) is 0 Å². The lowest BCUT2D eigenvalue weighted by Gasteiger charge is -2.12. The molecule has 0 saturated heterocycles. The Balaban J connectivity index is 1.34. The van der Waals surface area contributed by atoms with Gasteiger partial charge in [-0.2, -0.15) is 0 Å². The number of nitrogens with zero attached hydrogens (tertiary/aromatic N) is 3. The summed E-state index contributed by atoms with van der Waals surface area (Å²) in [6, 6.07) is 49.9. The normalized spacial score (nSPS) is 12.3. The SMILES string of the molecule is c1ccc2c(-c3nc(-n4c5ccc6ccccc6c5c5c6[nH]c7ccccc7c6ccc54)nc4c3sc3ccccc34)cccc2c1. The number of aromatic nitrogens is 4. The third kappa shape index (κ3) is 3.41. The Morgan fingerprint density at radius 1 is 0.511 bits per heavy atom. The number of nitrogens with one attached hydrogen (secondary N) is 1. The smallest absolute Gasteiger partial charge is 0.235 e. The van der Waals surface area contributed by atoms with Gasteiger partial charge >= 0.3 is 0 Å². The highest BCUT2D eigenvalue weighted by atomic mass is 32.1. The maximum Gasteiger partial charge on any atom is 0.235 e. The molecule has 0 aliphatic heterocycles. The van der Waals surface area contributed by atoms with E-state index in [1.54, 1.807) is 11.3 Å². The number of hydrogen-bond donors (Lipinski definition) is 1. The van der Waals surface area contributed by atoms with Crippen LogP contribution in [0.1, 0.15) is 0 Å². The number of rotatable bonds is 2. The summed E-state index contributed by atoms with van der Waals surface area (Å²) in [4.78, 5) is 14.7. The largest absolute Gasteiger partial charge is 0.354 e. The highest BCUT2D eigenvalue weighted by Gasteiger charge is 2.23. The van der Waals surface area contributed by atoms with E-state index in [4.69, 9.17) is 9.97 Å². The lowest BCUT2D eigenvalue weighted by Crippen LogP contribution is -2.03. The molecule has 7 aromatic carbocycles. The summed E-state index contributed by atoms with van der Waals surface area (Å²) in [5.74, 6) is 0.676. The molecular weight excluding hydrogens is 593 g/mol. The van der Waals surface area contributed by atoms with Gasteiger partial charge in [-0.3, -0.25) is 4.57 Å². The third-order valence-corrected chi connectivity index (χ3v) is 10.9. The second-order valence-electron chi connectivity index (χ2n) is 12.2. The van der Waals surface area contributed by atoms with Crippen LogP contribution in [0, 0.1) is 0 Å². The third-order valence-electron chi connectivity index (χ3n) is 9.75. The molecule has 0 aliphatic rings. The molecule has 0 amide bonds. The van der Waals surface area contributed by atoms with Gasteiger partial charge in [0.1, 0.15) is 0 Å². The second kappa shape index (κ2) is 9.25. The standard InChI is InChI=1S/C42H24N4S/c1-3-13-26-24(10-1)12-9-17-29(26)39-41-40(31-16-6-8-19-35(31)47-41)45-42(44-39)46-33-22-20-25-11-2-4-14-27(25)36(33)37-34(46)23-21-30-28-15-5-7-18-32(28)43-38(30)37/h1-23,43H. The summed E-state index contributed by atoms with van der Waals surface area (Å²) in [7, 11) is 0. The lowest BCUT2D eigenvalue weighted by atomic mass is 10.0. The number of aromatic amines is 1.